The zero-order valence-corrected chi connectivity index (χ0v) is 15.1. The summed E-state index contributed by atoms with van der Waals surface area (Å²) in [4.78, 5) is 0. The van der Waals surface area contributed by atoms with Gasteiger partial charge in [-0.25, -0.2) is 0 Å². The highest BCUT2D eigenvalue weighted by molar-refractivity contribution is 9.08. The molecule has 0 saturated carbocycles. The van der Waals surface area contributed by atoms with Crippen molar-refractivity contribution in [2.45, 2.75) is 18.4 Å². The Hall–Kier alpha value is -0.420. The minimum atomic E-state index is 0.233. The fourth-order valence-electron chi connectivity index (χ4n) is 2.49. The van der Waals surface area contributed by atoms with Crippen LogP contribution in [-0.4, -0.2) is 62.5 Å². The van der Waals surface area contributed by atoms with Crippen molar-refractivity contribution in [3.8, 4) is 0 Å². The van der Waals surface area contributed by atoms with Gasteiger partial charge < -0.3 is 14.1 Å². The first-order chi connectivity index (χ1) is 9.15. The molecule has 1 rings (SSSR count). The Morgan fingerprint density at radius 3 is 1.85 bits per heavy atom. The van der Waals surface area contributed by atoms with Crippen LogP contribution in [0.2, 0.25) is 0 Å². The van der Waals surface area contributed by atoms with Gasteiger partial charge in [0.05, 0.1) is 41.8 Å². The van der Waals surface area contributed by atoms with Crippen LogP contribution in [-0.2, 0) is 18.4 Å². The molecule has 3 nitrogen and oxygen atoms in total. The lowest BCUT2D eigenvalue weighted by Crippen LogP contribution is -2.41. The van der Waals surface area contributed by atoms with Crippen molar-refractivity contribution in [1.29, 1.82) is 0 Å². The molecule has 0 aliphatic rings. The number of rotatable bonds is 7. The third kappa shape index (κ3) is 6.35. The average molecular weight is 345 g/mol. The molecule has 0 aliphatic carbocycles. The fourth-order valence-corrected chi connectivity index (χ4v) is 2.81. The van der Waals surface area contributed by atoms with Crippen molar-refractivity contribution < 1.29 is 14.1 Å². The van der Waals surface area contributed by atoms with E-state index in [2.05, 4.69) is 69.4 Å². The molecule has 0 radical (unpaired) electrons. The number of hydrogen-bond acceptors (Lipinski definition) is 1. The van der Waals surface area contributed by atoms with E-state index in [1.165, 1.54) is 16.7 Å². The smallest absolute Gasteiger partial charge is 0.104 e. The van der Waals surface area contributed by atoms with E-state index in [4.69, 9.17) is 5.11 Å². The second-order valence-electron chi connectivity index (χ2n) is 7.28. The van der Waals surface area contributed by atoms with Crippen LogP contribution in [0.1, 0.15) is 16.7 Å². The third-order valence-corrected chi connectivity index (χ3v) is 3.89. The van der Waals surface area contributed by atoms with Crippen LogP contribution < -0.4 is 0 Å². The number of benzene rings is 1. The summed E-state index contributed by atoms with van der Waals surface area (Å²) < 4.78 is 1.74. The fraction of sp³-hybridized carbons (Fsp3) is 0.625. The Labute approximate surface area is 132 Å². The quantitative estimate of drug-likeness (QED) is 0.594. The van der Waals surface area contributed by atoms with Crippen LogP contribution in [0.5, 0.6) is 0 Å². The number of likely N-dealkylation sites (N-methyl/N-ethyl adjacent to an activating group) is 1. The highest BCUT2D eigenvalue weighted by Gasteiger charge is 2.17. The molecule has 0 aliphatic heterocycles. The number of aliphatic hydroxyl groups is 1. The minimum Gasteiger partial charge on any atom is -0.391 e. The molecule has 0 heterocycles. The first-order valence-corrected chi connectivity index (χ1v) is 8.18. The third-order valence-electron chi connectivity index (χ3n) is 3.24. The lowest BCUT2D eigenvalue weighted by molar-refractivity contribution is -0.903. The van der Waals surface area contributed by atoms with Gasteiger partial charge in [0.15, 0.2) is 0 Å². The van der Waals surface area contributed by atoms with Crippen LogP contribution >= 0.6 is 15.9 Å². The van der Waals surface area contributed by atoms with Gasteiger partial charge in [-0.1, -0.05) is 15.9 Å². The monoisotopic (exact) mass is 344 g/mol. The van der Waals surface area contributed by atoms with E-state index in [-0.39, 0.29) is 6.61 Å². The molecule has 114 valence electrons. The summed E-state index contributed by atoms with van der Waals surface area (Å²) in [5, 5.41) is 10.0. The summed E-state index contributed by atoms with van der Waals surface area (Å²) in [5.74, 6) is 0. The highest BCUT2D eigenvalue weighted by atomic mass is 79.9. The number of hydrogen-bond donors (Lipinski definition) is 1. The summed E-state index contributed by atoms with van der Waals surface area (Å²) in [6.07, 6.45) is 0. The van der Waals surface area contributed by atoms with Crippen LogP contribution in [0.15, 0.2) is 18.2 Å². The Morgan fingerprint density at radius 1 is 0.900 bits per heavy atom. The molecule has 0 fully saturated rings. The Morgan fingerprint density at radius 2 is 1.40 bits per heavy atom. The van der Waals surface area contributed by atoms with Crippen LogP contribution in [0, 0.1) is 0 Å². The van der Waals surface area contributed by atoms with E-state index in [0.717, 1.165) is 33.9 Å². The van der Waals surface area contributed by atoms with Gasteiger partial charge in [0.1, 0.15) is 19.6 Å². The van der Waals surface area contributed by atoms with Gasteiger partial charge >= 0.3 is 0 Å². The molecule has 0 bridgehead atoms. The van der Waals surface area contributed by atoms with Gasteiger partial charge in [0.2, 0.25) is 0 Å². The number of halogens is 1. The summed E-state index contributed by atoms with van der Waals surface area (Å²) in [7, 11) is 11.0. The lowest BCUT2D eigenvalue weighted by atomic mass is 10.0. The van der Waals surface area contributed by atoms with Crippen LogP contribution in [0.4, 0.5) is 0 Å². The Balaban J connectivity index is 2.99. The zero-order valence-electron chi connectivity index (χ0n) is 13.5. The van der Waals surface area contributed by atoms with E-state index in [1.807, 2.05) is 0 Å². The highest BCUT2D eigenvalue weighted by Crippen LogP contribution is 2.18. The Kier molecular flexibility index (Phi) is 6.20. The van der Waals surface area contributed by atoms with Gasteiger partial charge in [0.25, 0.3) is 0 Å². The Bertz CT molecular complexity index is 439. The molecule has 20 heavy (non-hydrogen) atoms. The maximum Gasteiger partial charge on any atom is 0.104 e. The van der Waals surface area contributed by atoms with Gasteiger partial charge in [-0.05, 0) is 23.8 Å². The molecule has 0 unspecified atom stereocenters. The molecule has 1 aromatic rings. The first-order valence-electron chi connectivity index (χ1n) is 7.06. The zero-order chi connectivity index (χ0) is 15.4. The minimum absolute atomic E-state index is 0.233. The van der Waals surface area contributed by atoms with E-state index >= 15 is 0 Å². The maximum absolute atomic E-state index is 9.16. The van der Waals surface area contributed by atoms with E-state index in [9.17, 15) is 0 Å². The molecule has 0 amide bonds. The first kappa shape index (κ1) is 17.6. The number of aliphatic hydroxyl groups excluding tert-OH is 1. The van der Waals surface area contributed by atoms with E-state index in [0.29, 0.717) is 0 Å². The molecule has 0 saturated heterocycles. The second-order valence-corrected chi connectivity index (χ2v) is 7.84. The molecular weight excluding hydrogens is 316 g/mol. The van der Waals surface area contributed by atoms with Crippen molar-refractivity contribution in [2.75, 3.05) is 48.4 Å². The summed E-state index contributed by atoms with van der Waals surface area (Å²) in [6.45, 7) is 2.99. The topological polar surface area (TPSA) is 20.2 Å². The van der Waals surface area contributed by atoms with Crippen molar-refractivity contribution in [3.05, 3.63) is 34.9 Å². The van der Waals surface area contributed by atoms with Gasteiger partial charge in [-0.15, -0.1) is 0 Å². The second kappa shape index (κ2) is 7.03. The standard InChI is InChI=1S/C16H29BrN2O/c1-18(2,3)12-15-8-14(11-17)9-16(10-15)13-19(4,5)6-7-20/h8-10,20H,6-7,11-13H2,1-5H3/q+2. The summed E-state index contributed by atoms with van der Waals surface area (Å²) in [6, 6.07) is 6.87. The lowest BCUT2D eigenvalue weighted by Gasteiger charge is -2.30. The maximum atomic E-state index is 9.16. The number of quaternary nitrogens is 2. The molecule has 0 spiro atoms. The molecule has 4 heteroatoms. The summed E-state index contributed by atoms with van der Waals surface area (Å²) in [5.41, 5.74) is 4.06. The SMILES string of the molecule is C[N+](C)(C)Cc1cc(CBr)cc(C[N+](C)(C)CCO)c1. The molecule has 0 atom stereocenters. The largest absolute Gasteiger partial charge is 0.391 e. The molecule has 1 N–H and O–H groups in total. The van der Waals surface area contributed by atoms with Gasteiger partial charge in [-0.2, -0.15) is 0 Å². The van der Waals surface area contributed by atoms with Crippen LogP contribution in [0.3, 0.4) is 0 Å². The van der Waals surface area contributed by atoms with Crippen molar-refractivity contribution in [1.82, 2.24) is 0 Å². The molecule has 0 aromatic heterocycles. The van der Waals surface area contributed by atoms with E-state index in [1.54, 1.807) is 0 Å². The predicted molar refractivity (Wildman–Crippen MR) is 88.6 cm³/mol. The molecular formula is C16H29BrN2O+2. The number of alkyl halides is 1. The van der Waals surface area contributed by atoms with Crippen molar-refractivity contribution >= 4 is 15.9 Å². The van der Waals surface area contributed by atoms with Crippen molar-refractivity contribution in [3.63, 3.8) is 0 Å². The van der Waals surface area contributed by atoms with E-state index < -0.39 is 0 Å². The summed E-state index contributed by atoms with van der Waals surface area (Å²) >= 11 is 3.57. The van der Waals surface area contributed by atoms with Crippen LogP contribution in [0.25, 0.3) is 0 Å². The van der Waals surface area contributed by atoms with Gasteiger partial charge in [0, 0.05) is 16.5 Å². The normalized spacial score (nSPS) is 12.8. The predicted octanol–water partition coefficient (Wildman–Crippen LogP) is 2.36. The van der Waals surface area contributed by atoms with Crippen molar-refractivity contribution in [2.24, 2.45) is 0 Å². The molecule has 1 aromatic carbocycles. The van der Waals surface area contributed by atoms with Gasteiger partial charge in [-0.3, -0.25) is 0 Å². The number of nitrogens with zero attached hydrogens (tertiary/aromatic N) is 2. The average Bonchev–Trinajstić information content (AvgIpc) is 2.25.